The molecular formula is C17H20N2O4S. The standard InChI is InChI=1S/C17H20N2O4S/c1-5-22-16(20)14-10-18-17(24(4)21)19-15(14)23-13-8-6-12(7-9-13)11(2)3/h6-11H,5H2,1-4H3. The van der Waals surface area contributed by atoms with Crippen molar-refractivity contribution in [1.29, 1.82) is 0 Å². The first-order valence-electron chi connectivity index (χ1n) is 7.57. The van der Waals surface area contributed by atoms with Crippen LogP contribution in [0.5, 0.6) is 11.6 Å². The van der Waals surface area contributed by atoms with Gasteiger partial charge in [0.2, 0.25) is 11.0 Å². The van der Waals surface area contributed by atoms with Gasteiger partial charge in [-0.25, -0.2) is 9.78 Å². The molecule has 0 fully saturated rings. The Hall–Kier alpha value is -2.28. The first-order valence-corrected chi connectivity index (χ1v) is 9.13. The van der Waals surface area contributed by atoms with Crippen molar-refractivity contribution in [1.82, 2.24) is 9.97 Å². The quantitative estimate of drug-likeness (QED) is 0.589. The Bertz CT molecular complexity index is 745. The Kier molecular flexibility index (Phi) is 6.03. The summed E-state index contributed by atoms with van der Waals surface area (Å²) in [4.78, 5) is 20.0. The van der Waals surface area contributed by atoms with E-state index < -0.39 is 16.8 Å². The van der Waals surface area contributed by atoms with Gasteiger partial charge >= 0.3 is 5.97 Å². The van der Waals surface area contributed by atoms with Gasteiger partial charge in [-0.3, -0.25) is 4.21 Å². The Morgan fingerprint density at radius 1 is 1.25 bits per heavy atom. The minimum absolute atomic E-state index is 0.0333. The second-order valence-corrected chi connectivity index (χ2v) is 6.65. The molecule has 0 aliphatic heterocycles. The summed E-state index contributed by atoms with van der Waals surface area (Å²) in [5.41, 5.74) is 1.27. The van der Waals surface area contributed by atoms with E-state index in [9.17, 15) is 9.00 Å². The Morgan fingerprint density at radius 2 is 1.92 bits per heavy atom. The first kappa shape index (κ1) is 18.1. The molecule has 0 bridgehead atoms. The van der Waals surface area contributed by atoms with E-state index in [1.165, 1.54) is 18.0 Å². The van der Waals surface area contributed by atoms with Crippen LogP contribution in [-0.2, 0) is 15.5 Å². The zero-order valence-corrected chi connectivity index (χ0v) is 14.9. The van der Waals surface area contributed by atoms with Gasteiger partial charge in [-0.15, -0.1) is 0 Å². The molecule has 7 heteroatoms. The SMILES string of the molecule is CCOC(=O)c1cnc(S(C)=O)nc1Oc1ccc(C(C)C)cc1. The molecule has 0 saturated heterocycles. The molecular weight excluding hydrogens is 328 g/mol. The lowest BCUT2D eigenvalue weighted by atomic mass is 10.0. The van der Waals surface area contributed by atoms with E-state index in [1.54, 1.807) is 19.1 Å². The largest absolute Gasteiger partial charge is 0.462 e. The molecule has 0 radical (unpaired) electrons. The van der Waals surface area contributed by atoms with Gasteiger partial charge in [-0.1, -0.05) is 26.0 Å². The molecule has 2 aromatic rings. The number of aromatic nitrogens is 2. The van der Waals surface area contributed by atoms with Crippen LogP contribution in [0.15, 0.2) is 35.6 Å². The van der Waals surface area contributed by atoms with Gasteiger partial charge in [0, 0.05) is 6.26 Å². The number of esters is 1. The third-order valence-corrected chi connectivity index (χ3v) is 3.96. The molecule has 1 atom stereocenters. The highest BCUT2D eigenvalue weighted by Gasteiger charge is 2.19. The van der Waals surface area contributed by atoms with E-state index in [4.69, 9.17) is 9.47 Å². The Labute approximate surface area is 143 Å². The van der Waals surface area contributed by atoms with Crippen molar-refractivity contribution < 1.29 is 18.5 Å². The first-order chi connectivity index (χ1) is 11.4. The lowest BCUT2D eigenvalue weighted by molar-refractivity contribution is 0.0521. The summed E-state index contributed by atoms with van der Waals surface area (Å²) in [5, 5.41) is 0.0943. The molecule has 1 unspecified atom stereocenters. The normalized spacial score (nSPS) is 12.0. The molecule has 1 heterocycles. The maximum atomic E-state index is 12.0. The van der Waals surface area contributed by atoms with Gasteiger partial charge in [-0.05, 0) is 30.5 Å². The van der Waals surface area contributed by atoms with Crippen molar-refractivity contribution in [2.45, 2.75) is 31.8 Å². The van der Waals surface area contributed by atoms with Crippen LogP contribution in [0.1, 0.15) is 42.6 Å². The van der Waals surface area contributed by atoms with E-state index in [2.05, 4.69) is 23.8 Å². The number of nitrogens with zero attached hydrogens (tertiary/aromatic N) is 2. The number of hydrogen-bond acceptors (Lipinski definition) is 6. The molecule has 0 aliphatic rings. The monoisotopic (exact) mass is 348 g/mol. The molecule has 0 aliphatic carbocycles. The molecule has 128 valence electrons. The molecule has 2 rings (SSSR count). The van der Waals surface area contributed by atoms with Gasteiger partial charge in [0.15, 0.2) is 0 Å². The van der Waals surface area contributed by atoms with Crippen LogP contribution >= 0.6 is 0 Å². The Balaban J connectivity index is 2.36. The maximum Gasteiger partial charge on any atom is 0.345 e. The van der Waals surface area contributed by atoms with E-state index in [0.717, 1.165) is 0 Å². The molecule has 0 saturated carbocycles. The minimum atomic E-state index is -1.39. The summed E-state index contributed by atoms with van der Waals surface area (Å²) in [6.07, 6.45) is 2.74. The third-order valence-electron chi connectivity index (χ3n) is 3.25. The number of hydrogen-bond donors (Lipinski definition) is 0. The fraction of sp³-hybridized carbons (Fsp3) is 0.353. The lowest BCUT2D eigenvalue weighted by Crippen LogP contribution is -2.10. The fourth-order valence-corrected chi connectivity index (χ4v) is 2.36. The van der Waals surface area contributed by atoms with Crippen LogP contribution in [0, 0.1) is 0 Å². The van der Waals surface area contributed by atoms with Crippen LogP contribution in [0.4, 0.5) is 0 Å². The van der Waals surface area contributed by atoms with Crippen LogP contribution in [0.25, 0.3) is 0 Å². The lowest BCUT2D eigenvalue weighted by Gasteiger charge is -2.11. The highest BCUT2D eigenvalue weighted by atomic mass is 32.2. The average molecular weight is 348 g/mol. The number of benzene rings is 1. The molecule has 24 heavy (non-hydrogen) atoms. The summed E-state index contributed by atoms with van der Waals surface area (Å²) < 4.78 is 22.3. The maximum absolute atomic E-state index is 12.0. The van der Waals surface area contributed by atoms with Gasteiger partial charge in [0.05, 0.1) is 23.6 Å². The fourth-order valence-electron chi connectivity index (χ4n) is 1.95. The summed E-state index contributed by atoms with van der Waals surface area (Å²) in [5.74, 6) is 0.379. The van der Waals surface area contributed by atoms with Crippen molar-refractivity contribution in [3.8, 4) is 11.6 Å². The van der Waals surface area contributed by atoms with Crippen LogP contribution in [0.3, 0.4) is 0 Å². The second-order valence-electron chi connectivity index (χ2n) is 5.37. The van der Waals surface area contributed by atoms with E-state index in [1.807, 2.05) is 12.1 Å². The second kappa shape index (κ2) is 8.01. The van der Waals surface area contributed by atoms with Gasteiger partial charge in [0.1, 0.15) is 11.3 Å². The number of ether oxygens (including phenoxy) is 2. The van der Waals surface area contributed by atoms with Crippen LogP contribution in [-0.4, -0.2) is 33.0 Å². The topological polar surface area (TPSA) is 78.4 Å². The zero-order valence-electron chi connectivity index (χ0n) is 14.1. The molecule has 6 nitrogen and oxygen atoms in total. The number of rotatable bonds is 6. The zero-order chi connectivity index (χ0) is 17.7. The highest BCUT2D eigenvalue weighted by molar-refractivity contribution is 7.84. The van der Waals surface area contributed by atoms with Crippen LogP contribution in [0.2, 0.25) is 0 Å². The summed E-state index contributed by atoms with van der Waals surface area (Å²) >= 11 is 0. The van der Waals surface area contributed by atoms with Crippen molar-refractivity contribution in [3.63, 3.8) is 0 Å². The smallest absolute Gasteiger partial charge is 0.345 e. The van der Waals surface area contributed by atoms with E-state index in [-0.39, 0.29) is 23.2 Å². The summed E-state index contributed by atoms with van der Waals surface area (Å²) in [6.45, 7) is 6.13. The average Bonchev–Trinajstić information content (AvgIpc) is 2.55. The molecule has 1 aromatic carbocycles. The van der Waals surface area contributed by atoms with E-state index >= 15 is 0 Å². The molecule has 1 aromatic heterocycles. The van der Waals surface area contributed by atoms with Crippen molar-refractivity contribution in [2.24, 2.45) is 0 Å². The molecule has 0 N–H and O–H groups in total. The summed E-state index contributed by atoms with van der Waals surface area (Å²) in [7, 11) is -1.39. The molecule has 0 amide bonds. The van der Waals surface area contributed by atoms with Crippen molar-refractivity contribution >= 4 is 16.8 Å². The van der Waals surface area contributed by atoms with Gasteiger partial charge in [-0.2, -0.15) is 4.98 Å². The highest BCUT2D eigenvalue weighted by Crippen LogP contribution is 2.26. The number of carbonyl (C=O) groups is 1. The van der Waals surface area contributed by atoms with Gasteiger partial charge in [0.25, 0.3) is 0 Å². The predicted molar refractivity (Wildman–Crippen MR) is 90.9 cm³/mol. The summed E-state index contributed by atoms with van der Waals surface area (Å²) in [6, 6.07) is 7.50. The van der Waals surface area contributed by atoms with Gasteiger partial charge < -0.3 is 9.47 Å². The van der Waals surface area contributed by atoms with Crippen LogP contribution < -0.4 is 4.74 Å². The predicted octanol–water partition coefficient (Wildman–Crippen LogP) is 3.31. The van der Waals surface area contributed by atoms with E-state index in [0.29, 0.717) is 11.7 Å². The van der Waals surface area contributed by atoms with Crippen molar-refractivity contribution in [3.05, 3.63) is 41.6 Å². The van der Waals surface area contributed by atoms with Crippen molar-refractivity contribution in [2.75, 3.05) is 12.9 Å². The third kappa shape index (κ3) is 4.38. The molecule has 0 spiro atoms. The Morgan fingerprint density at radius 3 is 2.46 bits per heavy atom. The number of carbonyl (C=O) groups excluding carboxylic acids is 1. The minimum Gasteiger partial charge on any atom is -0.462 e.